The first kappa shape index (κ1) is 15.4. The number of nitrogens with zero attached hydrogens (tertiary/aromatic N) is 1. The number of likely N-dealkylation sites (tertiary alicyclic amines) is 1. The fourth-order valence-electron chi connectivity index (χ4n) is 3.50. The molecule has 0 bridgehead atoms. The average Bonchev–Trinajstić information content (AvgIpc) is 2.89. The van der Waals surface area contributed by atoms with E-state index in [0.29, 0.717) is 13.2 Å². The fraction of sp³-hybridized carbons (Fsp3) is 0.625. The molecule has 1 aromatic rings. The molecule has 2 aliphatic heterocycles. The number of halogens is 1. The van der Waals surface area contributed by atoms with Crippen LogP contribution in [0.15, 0.2) is 28.7 Å². The van der Waals surface area contributed by atoms with Crippen molar-refractivity contribution < 1.29 is 9.47 Å². The average molecular weight is 355 g/mol. The molecule has 2 N–H and O–H groups in total. The summed E-state index contributed by atoms with van der Waals surface area (Å²) in [6.45, 7) is 5.32. The summed E-state index contributed by atoms with van der Waals surface area (Å²) in [7, 11) is 0. The molecule has 5 heteroatoms. The van der Waals surface area contributed by atoms with Crippen LogP contribution in [0.4, 0.5) is 0 Å². The Morgan fingerprint density at radius 3 is 2.52 bits per heavy atom. The van der Waals surface area contributed by atoms with Crippen LogP contribution in [0.5, 0.6) is 0 Å². The van der Waals surface area contributed by atoms with E-state index in [2.05, 4.69) is 52.0 Å². The Balaban J connectivity index is 1.81. The van der Waals surface area contributed by atoms with Crippen LogP contribution in [-0.4, -0.2) is 43.0 Å². The van der Waals surface area contributed by atoms with Crippen LogP contribution in [-0.2, 0) is 9.47 Å². The summed E-state index contributed by atoms with van der Waals surface area (Å²) in [6, 6.07) is 8.71. The Morgan fingerprint density at radius 1 is 1.24 bits per heavy atom. The van der Waals surface area contributed by atoms with Gasteiger partial charge in [-0.2, -0.15) is 0 Å². The molecule has 2 unspecified atom stereocenters. The lowest BCUT2D eigenvalue weighted by molar-refractivity contribution is -0.194. The van der Waals surface area contributed by atoms with Crippen molar-refractivity contribution in [2.45, 2.75) is 37.6 Å². The van der Waals surface area contributed by atoms with Crippen molar-refractivity contribution in [1.29, 1.82) is 0 Å². The van der Waals surface area contributed by atoms with Gasteiger partial charge in [-0.05, 0) is 37.6 Å². The van der Waals surface area contributed by atoms with Crippen molar-refractivity contribution in [2.24, 2.45) is 5.73 Å². The Hall–Kier alpha value is -0.460. The number of hydrogen-bond acceptors (Lipinski definition) is 4. The van der Waals surface area contributed by atoms with Gasteiger partial charge in [0.25, 0.3) is 0 Å². The molecule has 0 amide bonds. The highest BCUT2D eigenvalue weighted by Gasteiger charge is 2.43. The predicted octanol–water partition coefficient (Wildman–Crippen LogP) is 2.68. The van der Waals surface area contributed by atoms with Crippen molar-refractivity contribution >= 4 is 15.9 Å². The van der Waals surface area contributed by atoms with Gasteiger partial charge in [-0.3, -0.25) is 4.90 Å². The van der Waals surface area contributed by atoms with Crippen molar-refractivity contribution in [3.63, 3.8) is 0 Å². The maximum absolute atomic E-state index is 6.29. The van der Waals surface area contributed by atoms with Crippen LogP contribution in [0.25, 0.3) is 0 Å². The van der Waals surface area contributed by atoms with E-state index in [1.807, 2.05) is 0 Å². The molecule has 0 saturated carbocycles. The molecule has 4 nitrogen and oxygen atoms in total. The normalized spacial score (nSPS) is 25.1. The molecule has 116 valence electrons. The molecule has 21 heavy (non-hydrogen) atoms. The predicted molar refractivity (Wildman–Crippen MR) is 86.0 cm³/mol. The SMILES string of the molecule is CC(N)C(c1ccc(Br)cc1)N1CCCC2(C1)OCCO2. The third-order valence-corrected chi connectivity index (χ3v) is 4.89. The van der Waals surface area contributed by atoms with E-state index in [9.17, 15) is 0 Å². The van der Waals surface area contributed by atoms with Gasteiger partial charge in [0.2, 0.25) is 0 Å². The molecule has 1 aromatic carbocycles. The fourth-order valence-corrected chi connectivity index (χ4v) is 3.76. The zero-order valence-electron chi connectivity index (χ0n) is 12.4. The number of piperidine rings is 1. The Labute approximate surface area is 134 Å². The van der Waals surface area contributed by atoms with Crippen molar-refractivity contribution in [1.82, 2.24) is 4.90 Å². The van der Waals surface area contributed by atoms with Gasteiger partial charge in [0.1, 0.15) is 0 Å². The van der Waals surface area contributed by atoms with Crippen LogP contribution in [0.2, 0.25) is 0 Å². The highest BCUT2D eigenvalue weighted by atomic mass is 79.9. The second kappa shape index (κ2) is 6.34. The molecule has 0 aromatic heterocycles. The van der Waals surface area contributed by atoms with Gasteiger partial charge in [-0.25, -0.2) is 0 Å². The molecule has 3 rings (SSSR count). The zero-order chi connectivity index (χ0) is 14.9. The maximum atomic E-state index is 6.29. The topological polar surface area (TPSA) is 47.7 Å². The summed E-state index contributed by atoms with van der Waals surface area (Å²) >= 11 is 3.49. The molecule has 0 aliphatic carbocycles. The lowest BCUT2D eigenvalue weighted by Crippen LogP contribution is -2.52. The number of hydrogen-bond donors (Lipinski definition) is 1. The van der Waals surface area contributed by atoms with Crippen LogP contribution >= 0.6 is 15.9 Å². The third kappa shape index (κ3) is 3.32. The van der Waals surface area contributed by atoms with Crippen molar-refractivity contribution in [3.8, 4) is 0 Å². The van der Waals surface area contributed by atoms with E-state index in [-0.39, 0.29) is 12.1 Å². The van der Waals surface area contributed by atoms with Crippen LogP contribution in [0.1, 0.15) is 31.4 Å². The molecule has 1 spiro atoms. The lowest BCUT2D eigenvalue weighted by atomic mass is 9.95. The number of rotatable bonds is 3. The van der Waals surface area contributed by atoms with Gasteiger partial charge in [0.05, 0.1) is 19.8 Å². The summed E-state index contributed by atoms with van der Waals surface area (Å²) in [5.74, 6) is -0.402. The molecule has 2 atom stereocenters. The van der Waals surface area contributed by atoms with Crippen molar-refractivity contribution in [2.75, 3.05) is 26.3 Å². The summed E-state index contributed by atoms with van der Waals surface area (Å²) in [6.07, 6.45) is 2.06. The smallest absolute Gasteiger partial charge is 0.181 e. The van der Waals surface area contributed by atoms with Crippen LogP contribution in [0.3, 0.4) is 0 Å². The minimum absolute atomic E-state index is 0.0581. The third-order valence-electron chi connectivity index (χ3n) is 4.36. The highest BCUT2D eigenvalue weighted by molar-refractivity contribution is 9.10. The quantitative estimate of drug-likeness (QED) is 0.906. The Kier molecular flexibility index (Phi) is 4.66. The highest BCUT2D eigenvalue weighted by Crippen LogP contribution is 2.35. The first-order chi connectivity index (χ1) is 10.1. The minimum atomic E-state index is -0.402. The zero-order valence-corrected chi connectivity index (χ0v) is 14.0. The molecular weight excluding hydrogens is 332 g/mol. The molecule has 0 radical (unpaired) electrons. The standard InChI is InChI=1S/C16H23BrN2O2/c1-12(18)15(13-3-5-14(17)6-4-13)19-8-2-7-16(11-19)20-9-10-21-16/h3-6,12,15H,2,7-11,18H2,1H3. The van der Waals surface area contributed by atoms with Gasteiger partial charge < -0.3 is 15.2 Å². The van der Waals surface area contributed by atoms with Gasteiger partial charge in [-0.15, -0.1) is 0 Å². The maximum Gasteiger partial charge on any atom is 0.181 e. The number of benzene rings is 1. The van der Waals surface area contributed by atoms with E-state index < -0.39 is 5.79 Å². The summed E-state index contributed by atoms with van der Waals surface area (Å²) < 4.78 is 12.9. The lowest BCUT2D eigenvalue weighted by Gasteiger charge is -2.43. The first-order valence-corrected chi connectivity index (χ1v) is 8.42. The summed E-state index contributed by atoms with van der Waals surface area (Å²) in [4.78, 5) is 2.42. The largest absolute Gasteiger partial charge is 0.346 e. The van der Waals surface area contributed by atoms with Crippen LogP contribution in [0, 0.1) is 0 Å². The summed E-state index contributed by atoms with van der Waals surface area (Å²) in [5.41, 5.74) is 7.54. The number of nitrogens with two attached hydrogens (primary N) is 1. The van der Waals surface area contributed by atoms with E-state index in [1.165, 1.54) is 5.56 Å². The minimum Gasteiger partial charge on any atom is -0.346 e. The van der Waals surface area contributed by atoms with Crippen LogP contribution < -0.4 is 5.73 Å². The van der Waals surface area contributed by atoms with E-state index in [4.69, 9.17) is 15.2 Å². The Morgan fingerprint density at radius 2 is 1.90 bits per heavy atom. The first-order valence-electron chi connectivity index (χ1n) is 7.63. The molecule has 2 heterocycles. The van der Waals surface area contributed by atoms with Gasteiger partial charge >= 0.3 is 0 Å². The second-order valence-corrected chi connectivity index (χ2v) is 6.95. The second-order valence-electron chi connectivity index (χ2n) is 6.04. The van der Waals surface area contributed by atoms with E-state index >= 15 is 0 Å². The van der Waals surface area contributed by atoms with Crippen molar-refractivity contribution in [3.05, 3.63) is 34.3 Å². The van der Waals surface area contributed by atoms with Gasteiger partial charge in [-0.1, -0.05) is 28.1 Å². The molecular formula is C16H23BrN2O2. The molecule has 2 aliphatic rings. The monoisotopic (exact) mass is 354 g/mol. The van der Waals surface area contributed by atoms with E-state index in [1.54, 1.807) is 0 Å². The van der Waals surface area contributed by atoms with Gasteiger partial charge in [0, 0.05) is 23.0 Å². The van der Waals surface area contributed by atoms with Gasteiger partial charge in [0.15, 0.2) is 5.79 Å². The Bertz CT molecular complexity index is 472. The summed E-state index contributed by atoms with van der Waals surface area (Å²) in [5, 5.41) is 0. The van der Waals surface area contributed by atoms with E-state index in [0.717, 1.165) is 30.4 Å². The number of ether oxygens (including phenoxy) is 2. The molecule has 2 saturated heterocycles. The molecule has 2 fully saturated rings.